The molecule has 1 aromatic carbocycles. The average Bonchev–Trinajstić information content (AvgIpc) is 2.82. The van der Waals surface area contributed by atoms with Crippen molar-refractivity contribution in [2.24, 2.45) is 0 Å². The summed E-state index contributed by atoms with van der Waals surface area (Å²) in [5.41, 5.74) is 1.84. The van der Waals surface area contributed by atoms with Crippen LogP contribution >= 0.6 is 0 Å². The molecule has 0 saturated heterocycles. The van der Waals surface area contributed by atoms with Gasteiger partial charge in [-0.2, -0.15) is 0 Å². The van der Waals surface area contributed by atoms with Gasteiger partial charge in [0.05, 0.1) is 11.1 Å². The number of benzene rings is 1. The van der Waals surface area contributed by atoms with Crippen LogP contribution in [0.4, 0.5) is 0 Å². The summed E-state index contributed by atoms with van der Waals surface area (Å²) in [5.74, 6) is 0.0569. The SMILES string of the molecule is CCCCC(C)n1c(CC)nc2c(C(=O)O)cccc21. The van der Waals surface area contributed by atoms with Crippen molar-refractivity contribution in [3.63, 3.8) is 0 Å². The van der Waals surface area contributed by atoms with Gasteiger partial charge < -0.3 is 9.67 Å². The Balaban J connectivity index is 2.58. The lowest BCUT2D eigenvalue weighted by molar-refractivity contribution is 0.0699. The van der Waals surface area contributed by atoms with Crippen LogP contribution in [0.3, 0.4) is 0 Å². The summed E-state index contributed by atoms with van der Waals surface area (Å²) in [7, 11) is 0. The van der Waals surface area contributed by atoms with E-state index in [0.29, 0.717) is 17.1 Å². The van der Waals surface area contributed by atoms with Crippen molar-refractivity contribution in [1.29, 1.82) is 0 Å². The van der Waals surface area contributed by atoms with E-state index in [-0.39, 0.29) is 0 Å². The molecule has 2 aromatic rings. The molecule has 0 saturated carbocycles. The van der Waals surface area contributed by atoms with Gasteiger partial charge in [0.2, 0.25) is 0 Å². The van der Waals surface area contributed by atoms with Gasteiger partial charge in [-0.1, -0.05) is 32.8 Å². The first-order valence-corrected chi connectivity index (χ1v) is 7.33. The van der Waals surface area contributed by atoms with Crippen molar-refractivity contribution in [2.45, 2.75) is 52.5 Å². The van der Waals surface area contributed by atoms with Gasteiger partial charge in [0.1, 0.15) is 11.3 Å². The van der Waals surface area contributed by atoms with E-state index in [9.17, 15) is 9.90 Å². The molecule has 0 aliphatic carbocycles. The second-order valence-electron chi connectivity index (χ2n) is 5.22. The van der Waals surface area contributed by atoms with Crippen LogP contribution in [-0.2, 0) is 6.42 Å². The molecule has 0 radical (unpaired) electrons. The topological polar surface area (TPSA) is 55.1 Å². The van der Waals surface area contributed by atoms with Crippen LogP contribution < -0.4 is 0 Å². The van der Waals surface area contributed by atoms with Gasteiger partial charge in [0.25, 0.3) is 0 Å². The molecule has 0 spiro atoms. The molecule has 2 rings (SSSR count). The summed E-state index contributed by atoms with van der Waals surface area (Å²) in [6.45, 7) is 6.43. The van der Waals surface area contributed by atoms with Gasteiger partial charge in [-0.05, 0) is 25.5 Å². The Kier molecular flexibility index (Phi) is 4.42. The van der Waals surface area contributed by atoms with Crippen molar-refractivity contribution >= 4 is 17.0 Å². The minimum absolute atomic E-state index is 0.290. The summed E-state index contributed by atoms with van der Waals surface area (Å²) in [6.07, 6.45) is 4.23. The molecule has 0 aliphatic rings. The summed E-state index contributed by atoms with van der Waals surface area (Å²) in [6, 6.07) is 5.74. The minimum Gasteiger partial charge on any atom is -0.478 e. The van der Waals surface area contributed by atoms with Crippen LogP contribution in [0, 0.1) is 0 Å². The standard InChI is InChI=1S/C16H22N2O2/c1-4-6-8-11(3)18-13-10-7-9-12(16(19)20)15(13)17-14(18)5-2/h7,9-11H,4-6,8H2,1-3H3,(H,19,20). The van der Waals surface area contributed by atoms with Crippen LogP contribution in [0.15, 0.2) is 18.2 Å². The van der Waals surface area contributed by atoms with Gasteiger partial charge in [0, 0.05) is 12.5 Å². The monoisotopic (exact) mass is 274 g/mol. The Morgan fingerprint density at radius 3 is 2.75 bits per heavy atom. The molecule has 0 amide bonds. The van der Waals surface area contributed by atoms with Crippen molar-refractivity contribution in [1.82, 2.24) is 9.55 Å². The number of hydrogen-bond donors (Lipinski definition) is 1. The Morgan fingerprint density at radius 2 is 2.15 bits per heavy atom. The quantitative estimate of drug-likeness (QED) is 0.864. The maximum absolute atomic E-state index is 11.3. The number of carboxylic acid groups (broad SMARTS) is 1. The van der Waals surface area contributed by atoms with Crippen LogP contribution in [0.5, 0.6) is 0 Å². The van der Waals surface area contributed by atoms with Gasteiger partial charge in [0.15, 0.2) is 0 Å². The number of unbranched alkanes of at least 4 members (excludes halogenated alkanes) is 1. The number of imidazole rings is 1. The number of hydrogen-bond acceptors (Lipinski definition) is 2. The third kappa shape index (κ3) is 2.55. The first-order valence-electron chi connectivity index (χ1n) is 7.33. The summed E-state index contributed by atoms with van der Waals surface area (Å²) in [4.78, 5) is 15.9. The number of carbonyl (C=O) groups is 1. The molecule has 0 bridgehead atoms. The fourth-order valence-corrected chi connectivity index (χ4v) is 2.71. The zero-order valence-corrected chi connectivity index (χ0v) is 12.4. The third-order valence-electron chi connectivity index (χ3n) is 3.76. The number of aromatic nitrogens is 2. The second-order valence-corrected chi connectivity index (χ2v) is 5.22. The molecule has 1 aromatic heterocycles. The Bertz CT molecular complexity index is 616. The highest BCUT2D eigenvalue weighted by Crippen LogP contribution is 2.26. The molecule has 1 N–H and O–H groups in total. The number of aryl methyl sites for hydroxylation is 1. The summed E-state index contributed by atoms with van der Waals surface area (Å²) >= 11 is 0. The van der Waals surface area contributed by atoms with Crippen LogP contribution in [0.25, 0.3) is 11.0 Å². The maximum Gasteiger partial charge on any atom is 0.337 e. The highest BCUT2D eigenvalue weighted by molar-refractivity contribution is 6.01. The van der Waals surface area contributed by atoms with E-state index in [4.69, 9.17) is 0 Å². The van der Waals surface area contributed by atoms with Crippen molar-refractivity contribution < 1.29 is 9.90 Å². The first kappa shape index (κ1) is 14.6. The molecular formula is C16H22N2O2. The van der Waals surface area contributed by atoms with Gasteiger partial charge in [-0.25, -0.2) is 9.78 Å². The van der Waals surface area contributed by atoms with Crippen LogP contribution in [0.1, 0.15) is 62.3 Å². The van der Waals surface area contributed by atoms with Crippen molar-refractivity contribution in [3.8, 4) is 0 Å². The van der Waals surface area contributed by atoms with E-state index >= 15 is 0 Å². The van der Waals surface area contributed by atoms with Crippen molar-refractivity contribution in [2.75, 3.05) is 0 Å². The van der Waals surface area contributed by atoms with Gasteiger partial charge in [-0.15, -0.1) is 0 Å². The molecule has 1 unspecified atom stereocenters. The molecule has 1 atom stereocenters. The van der Waals surface area contributed by atoms with E-state index in [1.165, 1.54) is 12.8 Å². The smallest absolute Gasteiger partial charge is 0.337 e. The van der Waals surface area contributed by atoms with Crippen LogP contribution in [0.2, 0.25) is 0 Å². The first-order chi connectivity index (χ1) is 9.60. The minimum atomic E-state index is -0.913. The van der Waals surface area contributed by atoms with E-state index < -0.39 is 5.97 Å². The molecular weight excluding hydrogens is 252 g/mol. The van der Waals surface area contributed by atoms with Gasteiger partial charge >= 0.3 is 5.97 Å². The molecule has 108 valence electrons. The molecule has 4 nitrogen and oxygen atoms in total. The lowest BCUT2D eigenvalue weighted by Gasteiger charge is -2.17. The largest absolute Gasteiger partial charge is 0.478 e. The Morgan fingerprint density at radius 1 is 1.40 bits per heavy atom. The van der Waals surface area contributed by atoms with E-state index in [0.717, 1.165) is 24.2 Å². The number of para-hydroxylation sites is 1. The molecule has 0 fully saturated rings. The highest BCUT2D eigenvalue weighted by Gasteiger charge is 2.18. The lowest BCUT2D eigenvalue weighted by Crippen LogP contribution is -2.09. The normalized spacial score (nSPS) is 12.8. The second kappa shape index (κ2) is 6.07. The zero-order valence-electron chi connectivity index (χ0n) is 12.4. The van der Waals surface area contributed by atoms with Gasteiger partial charge in [-0.3, -0.25) is 0 Å². The number of nitrogens with zero attached hydrogens (tertiary/aromatic N) is 2. The fraction of sp³-hybridized carbons (Fsp3) is 0.500. The fourth-order valence-electron chi connectivity index (χ4n) is 2.71. The number of carboxylic acids is 1. The summed E-state index contributed by atoms with van der Waals surface area (Å²) < 4.78 is 2.21. The number of fused-ring (bicyclic) bond motifs is 1. The third-order valence-corrected chi connectivity index (χ3v) is 3.76. The average molecular weight is 274 g/mol. The molecule has 1 heterocycles. The predicted molar refractivity (Wildman–Crippen MR) is 80.3 cm³/mol. The van der Waals surface area contributed by atoms with Crippen LogP contribution in [-0.4, -0.2) is 20.6 Å². The molecule has 20 heavy (non-hydrogen) atoms. The predicted octanol–water partition coefficient (Wildman–Crippen LogP) is 4.05. The number of rotatable bonds is 6. The Hall–Kier alpha value is -1.84. The van der Waals surface area contributed by atoms with Crippen molar-refractivity contribution in [3.05, 3.63) is 29.6 Å². The number of aromatic carboxylic acids is 1. The highest BCUT2D eigenvalue weighted by atomic mass is 16.4. The molecule has 0 aliphatic heterocycles. The van der Waals surface area contributed by atoms with E-state index in [1.54, 1.807) is 12.1 Å². The van der Waals surface area contributed by atoms with E-state index in [1.807, 2.05) is 6.07 Å². The maximum atomic E-state index is 11.3. The zero-order chi connectivity index (χ0) is 14.7. The summed E-state index contributed by atoms with van der Waals surface area (Å²) in [5, 5.41) is 9.29. The molecule has 4 heteroatoms. The van der Waals surface area contributed by atoms with E-state index in [2.05, 4.69) is 30.3 Å². The lowest BCUT2D eigenvalue weighted by atomic mass is 10.1. The Labute approximate surface area is 119 Å².